The summed E-state index contributed by atoms with van der Waals surface area (Å²) in [6.45, 7) is 0.264. The van der Waals surface area contributed by atoms with Gasteiger partial charge in [0, 0.05) is 0 Å². The van der Waals surface area contributed by atoms with E-state index < -0.39 is 5.97 Å². The third-order valence-corrected chi connectivity index (χ3v) is 3.65. The van der Waals surface area contributed by atoms with Gasteiger partial charge in [0.2, 0.25) is 11.8 Å². The average Bonchev–Trinajstić information content (AvgIpc) is 3.18. The number of piperidine rings is 1. The normalized spacial score (nSPS) is 23.7. The molecule has 6 nitrogen and oxygen atoms in total. The number of likely N-dealkylation sites (tertiary alicyclic amines) is 1. The number of nitrogens with zero attached hydrogens (tertiary/aromatic N) is 1. The number of amides is 2. The summed E-state index contributed by atoms with van der Waals surface area (Å²) in [7, 11) is 0. The van der Waals surface area contributed by atoms with Crippen LogP contribution >= 0.6 is 0 Å². The van der Waals surface area contributed by atoms with Crippen LogP contribution in [0.2, 0.25) is 0 Å². The number of ether oxygens (including phenoxy) is 1. The molecule has 1 aliphatic heterocycles. The van der Waals surface area contributed by atoms with Crippen LogP contribution < -0.4 is 4.74 Å². The van der Waals surface area contributed by atoms with E-state index in [4.69, 9.17) is 9.84 Å². The molecule has 2 unspecified atom stereocenters. The SMILES string of the molecule is O=C(O)c1ccccc1OCCN1C(=O)C2CC2C1=O. The van der Waals surface area contributed by atoms with Gasteiger partial charge in [-0.2, -0.15) is 0 Å². The first kappa shape index (κ1) is 12.7. The molecule has 0 aromatic heterocycles. The van der Waals surface area contributed by atoms with Crippen molar-refractivity contribution in [3.63, 3.8) is 0 Å². The molecule has 1 heterocycles. The largest absolute Gasteiger partial charge is 0.491 e. The molecule has 0 spiro atoms. The first-order chi connectivity index (χ1) is 9.59. The summed E-state index contributed by atoms with van der Waals surface area (Å²) in [5.74, 6) is -1.33. The van der Waals surface area contributed by atoms with E-state index >= 15 is 0 Å². The number of carboxylic acids is 1. The van der Waals surface area contributed by atoms with Crippen LogP contribution in [0, 0.1) is 11.8 Å². The van der Waals surface area contributed by atoms with Crippen LogP contribution in [0.4, 0.5) is 0 Å². The molecule has 1 aromatic rings. The summed E-state index contributed by atoms with van der Waals surface area (Å²) in [6.07, 6.45) is 0.677. The highest BCUT2D eigenvalue weighted by atomic mass is 16.5. The van der Waals surface area contributed by atoms with Gasteiger partial charge in [-0.1, -0.05) is 12.1 Å². The molecule has 0 bridgehead atoms. The van der Waals surface area contributed by atoms with Crippen molar-refractivity contribution >= 4 is 17.8 Å². The number of rotatable bonds is 5. The van der Waals surface area contributed by atoms with Gasteiger partial charge in [-0.15, -0.1) is 0 Å². The van der Waals surface area contributed by atoms with Crippen LogP contribution in [0.15, 0.2) is 24.3 Å². The minimum atomic E-state index is -1.07. The zero-order valence-corrected chi connectivity index (χ0v) is 10.6. The average molecular weight is 275 g/mol. The van der Waals surface area contributed by atoms with Crippen molar-refractivity contribution in [3.8, 4) is 5.75 Å². The third-order valence-electron chi connectivity index (χ3n) is 3.65. The lowest BCUT2D eigenvalue weighted by Crippen LogP contribution is -2.36. The maximum atomic E-state index is 11.7. The number of carbonyl (C=O) groups is 3. The van der Waals surface area contributed by atoms with E-state index in [1.54, 1.807) is 18.2 Å². The van der Waals surface area contributed by atoms with Crippen molar-refractivity contribution in [2.24, 2.45) is 11.8 Å². The summed E-state index contributed by atoms with van der Waals surface area (Å²) in [5, 5.41) is 9.00. The highest BCUT2D eigenvalue weighted by Crippen LogP contribution is 2.46. The molecule has 1 N–H and O–H groups in total. The Labute approximate surface area is 114 Å². The van der Waals surface area contributed by atoms with Crippen LogP contribution in [0.1, 0.15) is 16.8 Å². The fourth-order valence-corrected chi connectivity index (χ4v) is 2.49. The maximum Gasteiger partial charge on any atom is 0.339 e. The monoisotopic (exact) mass is 275 g/mol. The van der Waals surface area contributed by atoms with Gasteiger partial charge in [0.1, 0.15) is 17.9 Å². The number of aromatic carboxylic acids is 1. The number of hydrogen-bond donors (Lipinski definition) is 1. The molecule has 2 amide bonds. The molecule has 2 aliphatic rings. The lowest BCUT2D eigenvalue weighted by Gasteiger charge is -2.17. The zero-order valence-electron chi connectivity index (χ0n) is 10.6. The Morgan fingerprint density at radius 2 is 1.90 bits per heavy atom. The second kappa shape index (κ2) is 4.63. The molecule has 3 rings (SSSR count). The van der Waals surface area contributed by atoms with Gasteiger partial charge in [-0.25, -0.2) is 4.79 Å². The highest BCUT2D eigenvalue weighted by Gasteiger charge is 2.58. The van der Waals surface area contributed by atoms with Crippen molar-refractivity contribution in [2.75, 3.05) is 13.2 Å². The number of benzene rings is 1. The van der Waals surface area contributed by atoms with Crippen molar-refractivity contribution in [1.29, 1.82) is 0 Å². The van der Waals surface area contributed by atoms with Crippen LogP contribution in [-0.2, 0) is 9.59 Å². The van der Waals surface area contributed by atoms with Gasteiger partial charge < -0.3 is 9.84 Å². The van der Waals surface area contributed by atoms with E-state index in [1.807, 2.05) is 0 Å². The van der Waals surface area contributed by atoms with Gasteiger partial charge in [-0.05, 0) is 18.6 Å². The maximum absolute atomic E-state index is 11.7. The van der Waals surface area contributed by atoms with E-state index in [9.17, 15) is 14.4 Å². The number of carboxylic acid groups (broad SMARTS) is 1. The molecule has 0 radical (unpaired) electrons. The zero-order chi connectivity index (χ0) is 14.3. The summed E-state index contributed by atoms with van der Waals surface area (Å²) in [5.41, 5.74) is 0.0643. The fraction of sp³-hybridized carbons (Fsp3) is 0.357. The van der Waals surface area contributed by atoms with E-state index in [2.05, 4.69) is 0 Å². The molecule has 2 atom stereocenters. The van der Waals surface area contributed by atoms with Crippen LogP contribution in [-0.4, -0.2) is 40.9 Å². The highest BCUT2D eigenvalue weighted by molar-refractivity contribution is 6.08. The van der Waals surface area contributed by atoms with Gasteiger partial charge >= 0.3 is 5.97 Å². The van der Waals surface area contributed by atoms with Crippen molar-refractivity contribution in [2.45, 2.75) is 6.42 Å². The van der Waals surface area contributed by atoms with Crippen LogP contribution in [0.25, 0.3) is 0 Å². The lowest BCUT2D eigenvalue weighted by molar-refractivity contribution is -0.141. The smallest absolute Gasteiger partial charge is 0.339 e. The Morgan fingerprint density at radius 1 is 1.25 bits per heavy atom. The minimum Gasteiger partial charge on any atom is -0.491 e. The van der Waals surface area contributed by atoms with Crippen LogP contribution in [0.5, 0.6) is 5.75 Å². The predicted molar refractivity (Wildman–Crippen MR) is 67.2 cm³/mol. The summed E-state index contributed by atoms with van der Waals surface area (Å²) in [6, 6.07) is 6.27. The van der Waals surface area contributed by atoms with E-state index in [-0.39, 0.29) is 48.1 Å². The van der Waals surface area contributed by atoms with Crippen molar-refractivity contribution in [1.82, 2.24) is 4.90 Å². The fourth-order valence-electron chi connectivity index (χ4n) is 2.49. The number of hydrogen-bond acceptors (Lipinski definition) is 4. The van der Waals surface area contributed by atoms with Gasteiger partial charge in [0.05, 0.1) is 18.4 Å². The van der Waals surface area contributed by atoms with Gasteiger partial charge in [0.25, 0.3) is 0 Å². The first-order valence-corrected chi connectivity index (χ1v) is 6.40. The number of carbonyl (C=O) groups excluding carboxylic acids is 2. The summed E-state index contributed by atoms with van der Waals surface area (Å²) in [4.78, 5) is 35.7. The summed E-state index contributed by atoms with van der Waals surface area (Å²) < 4.78 is 5.38. The van der Waals surface area contributed by atoms with E-state index in [1.165, 1.54) is 11.0 Å². The number of fused-ring (bicyclic) bond motifs is 1. The molecular formula is C14H13NO5. The van der Waals surface area contributed by atoms with E-state index in [0.717, 1.165) is 0 Å². The number of para-hydroxylation sites is 1. The second-order valence-electron chi connectivity index (χ2n) is 4.93. The molecule has 1 saturated heterocycles. The first-order valence-electron chi connectivity index (χ1n) is 6.40. The topological polar surface area (TPSA) is 83.9 Å². The Balaban J connectivity index is 1.60. The van der Waals surface area contributed by atoms with Crippen molar-refractivity contribution < 1.29 is 24.2 Å². The van der Waals surface area contributed by atoms with Gasteiger partial charge in [0.15, 0.2) is 0 Å². The Bertz CT molecular complexity index is 577. The molecule has 6 heteroatoms. The predicted octanol–water partition coefficient (Wildman–Crippen LogP) is 0.768. The Morgan fingerprint density at radius 3 is 2.55 bits per heavy atom. The molecule has 1 aliphatic carbocycles. The minimum absolute atomic E-state index is 0.0643. The second-order valence-corrected chi connectivity index (χ2v) is 4.93. The molecule has 20 heavy (non-hydrogen) atoms. The quantitative estimate of drug-likeness (QED) is 0.802. The summed E-state index contributed by atoms with van der Waals surface area (Å²) >= 11 is 0. The molecular weight excluding hydrogens is 262 g/mol. The van der Waals surface area contributed by atoms with Crippen molar-refractivity contribution in [3.05, 3.63) is 29.8 Å². The van der Waals surface area contributed by atoms with Crippen LogP contribution in [0.3, 0.4) is 0 Å². The standard InChI is InChI=1S/C14H13NO5/c16-12-9-7-10(9)13(17)15(12)5-6-20-11-4-2-1-3-8(11)14(18)19/h1-4,9-10H,5-7H2,(H,18,19). The molecule has 104 valence electrons. The van der Waals surface area contributed by atoms with Gasteiger partial charge in [-0.3, -0.25) is 14.5 Å². The molecule has 2 fully saturated rings. The molecule has 1 saturated carbocycles. The lowest BCUT2D eigenvalue weighted by atomic mass is 10.2. The molecule has 1 aromatic carbocycles. The Kier molecular flexibility index (Phi) is 2.93. The Hall–Kier alpha value is -2.37. The van der Waals surface area contributed by atoms with E-state index in [0.29, 0.717) is 6.42 Å². The number of imide groups is 1. The third kappa shape index (κ3) is 2.03.